The smallest absolute Gasteiger partial charge is 0.289 e. The van der Waals surface area contributed by atoms with Gasteiger partial charge in [0.2, 0.25) is 0 Å². The molecule has 0 spiro atoms. The Bertz CT molecular complexity index is 731. The lowest BCUT2D eigenvalue weighted by molar-refractivity contribution is 0.0518. The van der Waals surface area contributed by atoms with E-state index in [4.69, 9.17) is 4.42 Å². The molecular formula is C19H24N4O3. The second kappa shape index (κ2) is 8.03. The van der Waals surface area contributed by atoms with Crippen molar-refractivity contribution in [1.82, 2.24) is 14.8 Å². The van der Waals surface area contributed by atoms with Gasteiger partial charge in [-0.05, 0) is 38.1 Å². The number of anilines is 1. The van der Waals surface area contributed by atoms with E-state index in [-0.39, 0.29) is 11.8 Å². The molecule has 0 aliphatic carbocycles. The number of hydrogen-bond donors (Lipinski definition) is 0. The van der Waals surface area contributed by atoms with Gasteiger partial charge in [-0.1, -0.05) is 0 Å². The molecule has 0 radical (unpaired) electrons. The highest BCUT2D eigenvalue weighted by molar-refractivity contribution is 5.95. The number of pyridine rings is 1. The Kier molecular flexibility index (Phi) is 5.55. The SMILES string of the molecule is CCN(CC)c1ccc(C(=O)N2CCN(C(=O)c3ccco3)CC2)cn1. The first-order valence-corrected chi connectivity index (χ1v) is 8.97. The van der Waals surface area contributed by atoms with Crippen molar-refractivity contribution in [1.29, 1.82) is 0 Å². The van der Waals surface area contributed by atoms with Crippen LogP contribution in [0.15, 0.2) is 41.1 Å². The van der Waals surface area contributed by atoms with Gasteiger partial charge >= 0.3 is 0 Å². The third kappa shape index (κ3) is 3.71. The molecule has 7 nitrogen and oxygen atoms in total. The average molecular weight is 356 g/mol. The number of furan rings is 1. The summed E-state index contributed by atoms with van der Waals surface area (Å²) in [6.45, 7) is 7.91. The summed E-state index contributed by atoms with van der Waals surface area (Å²) in [5, 5.41) is 0. The fourth-order valence-corrected chi connectivity index (χ4v) is 3.10. The average Bonchev–Trinajstić information content (AvgIpc) is 3.23. The number of hydrogen-bond acceptors (Lipinski definition) is 5. The Hall–Kier alpha value is -2.83. The molecule has 3 rings (SSSR count). The predicted octanol–water partition coefficient (Wildman–Crippen LogP) is 2.12. The van der Waals surface area contributed by atoms with E-state index >= 15 is 0 Å². The minimum absolute atomic E-state index is 0.0475. The van der Waals surface area contributed by atoms with Crippen molar-refractivity contribution in [3.05, 3.63) is 48.0 Å². The molecule has 0 aromatic carbocycles. The second-order valence-corrected chi connectivity index (χ2v) is 6.14. The summed E-state index contributed by atoms with van der Waals surface area (Å²) in [7, 11) is 0. The molecule has 0 N–H and O–H groups in total. The van der Waals surface area contributed by atoms with Gasteiger partial charge in [0.05, 0.1) is 11.8 Å². The van der Waals surface area contributed by atoms with E-state index in [1.807, 2.05) is 12.1 Å². The summed E-state index contributed by atoms with van der Waals surface area (Å²) in [6, 6.07) is 7.06. The summed E-state index contributed by atoms with van der Waals surface area (Å²) >= 11 is 0. The fraction of sp³-hybridized carbons (Fsp3) is 0.421. The van der Waals surface area contributed by atoms with Crippen LogP contribution in [-0.4, -0.2) is 65.9 Å². The van der Waals surface area contributed by atoms with E-state index in [0.717, 1.165) is 18.9 Å². The molecule has 0 saturated carbocycles. The van der Waals surface area contributed by atoms with Crippen LogP contribution in [-0.2, 0) is 0 Å². The van der Waals surface area contributed by atoms with E-state index in [0.29, 0.717) is 37.5 Å². The highest BCUT2D eigenvalue weighted by atomic mass is 16.3. The topological polar surface area (TPSA) is 69.9 Å². The van der Waals surface area contributed by atoms with Crippen LogP contribution in [0.4, 0.5) is 5.82 Å². The molecule has 2 aromatic rings. The maximum Gasteiger partial charge on any atom is 0.289 e. The molecular weight excluding hydrogens is 332 g/mol. The van der Waals surface area contributed by atoms with Crippen LogP contribution >= 0.6 is 0 Å². The Morgan fingerprint density at radius 1 is 1.04 bits per heavy atom. The maximum atomic E-state index is 12.7. The number of piperazine rings is 1. The number of carbonyl (C=O) groups excluding carboxylic acids is 2. The van der Waals surface area contributed by atoms with E-state index in [1.54, 1.807) is 28.1 Å². The Balaban J connectivity index is 1.59. The monoisotopic (exact) mass is 356 g/mol. The first-order chi connectivity index (χ1) is 12.6. The second-order valence-electron chi connectivity index (χ2n) is 6.14. The lowest BCUT2D eigenvalue weighted by atomic mass is 10.2. The molecule has 2 aromatic heterocycles. The van der Waals surface area contributed by atoms with Gasteiger partial charge in [0.1, 0.15) is 5.82 Å². The zero-order chi connectivity index (χ0) is 18.5. The number of carbonyl (C=O) groups is 2. The molecule has 3 heterocycles. The van der Waals surface area contributed by atoms with Gasteiger partial charge < -0.3 is 19.1 Å². The summed E-state index contributed by atoms with van der Waals surface area (Å²) in [5.41, 5.74) is 0.576. The fourth-order valence-electron chi connectivity index (χ4n) is 3.10. The zero-order valence-electron chi connectivity index (χ0n) is 15.2. The lowest BCUT2D eigenvalue weighted by Crippen LogP contribution is -2.50. The van der Waals surface area contributed by atoms with Gasteiger partial charge in [-0.25, -0.2) is 4.98 Å². The maximum absolute atomic E-state index is 12.7. The lowest BCUT2D eigenvalue weighted by Gasteiger charge is -2.34. The Morgan fingerprint density at radius 3 is 2.19 bits per heavy atom. The molecule has 0 atom stereocenters. The van der Waals surface area contributed by atoms with Gasteiger partial charge in [-0.3, -0.25) is 9.59 Å². The van der Waals surface area contributed by atoms with E-state index in [1.165, 1.54) is 6.26 Å². The van der Waals surface area contributed by atoms with Crippen molar-refractivity contribution in [3.63, 3.8) is 0 Å². The van der Waals surface area contributed by atoms with Crippen molar-refractivity contribution >= 4 is 17.6 Å². The Labute approximate surface area is 153 Å². The van der Waals surface area contributed by atoms with Gasteiger partial charge in [0, 0.05) is 45.5 Å². The van der Waals surface area contributed by atoms with Crippen LogP contribution in [0.2, 0.25) is 0 Å². The molecule has 1 aliphatic heterocycles. The number of nitrogens with zero attached hydrogens (tertiary/aromatic N) is 4. The molecule has 1 saturated heterocycles. The van der Waals surface area contributed by atoms with Crippen LogP contribution in [0, 0.1) is 0 Å². The zero-order valence-corrected chi connectivity index (χ0v) is 15.2. The van der Waals surface area contributed by atoms with Crippen LogP contribution in [0.25, 0.3) is 0 Å². The van der Waals surface area contributed by atoms with Crippen molar-refractivity contribution in [2.45, 2.75) is 13.8 Å². The number of aromatic nitrogens is 1. The van der Waals surface area contributed by atoms with E-state index in [2.05, 4.69) is 23.7 Å². The minimum atomic E-state index is -0.132. The van der Waals surface area contributed by atoms with Crippen molar-refractivity contribution in [2.24, 2.45) is 0 Å². The van der Waals surface area contributed by atoms with Gasteiger partial charge in [0.15, 0.2) is 5.76 Å². The summed E-state index contributed by atoms with van der Waals surface area (Å²) < 4.78 is 5.16. The molecule has 1 aliphatic rings. The van der Waals surface area contributed by atoms with Crippen LogP contribution < -0.4 is 4.90 Å². The minimum Gasteiger partial charge on any atom is -0.459 e. The highest BCUT2D eigenvalue weighted by Gasteiger charge is 2.26. The van der Waals surface area contributed by atoms with Crippen molar-refractivity contribution < 1.29 is 14.0 Å². The van der Waals surface area contributed by atoms with Crippen LogP contribution in [0.3, 0.4) is 0 Å². The highest BCUT2D eigenvalue weighted by Crippen LogP contribution is 2.15. The third-order valence-corrected chi connectivity index (χ3v) is 4.67. The van der Waals surface area contributed by atoms with Crippen LogP contribution in [0.1, 0.15) is 34.8 Å². The summed E-state index contributed by atoms with van der Waals surface area (Å²) in [5.74, 6) is 1.03. The molecule has 138 valence electrons. The van der Waals surface area contributed by atoms with Crippen LogP contribution in [0.5, 0.6) is 0 Å². The van der Waals surface area contributed by atoms with Crippen molar-refractivity contribution in [2.75, 3.05) is 44.2 Å². The van der Waals surface area contributed by atoms with Gasteiger partial charge in [0.25, 0.3) is 11.8 Å². The van der Waals surface area contributed by atoms with Crippen molar-refractivity contribution in [3.8, 4) is 0 Å². The summed E-state index contributed by atoms with van der Waals surface area (Å²) in [4.78, 5) is 35.0. The molecule has 7 heteroatoms. The Morgan fingerprint density at radius 2 is 1.69 bits per heavy atom. The van der Waals surface area contributed by atoms with Gasteiger partial charge in [-0.15, -0.1) is 0 Å². The standard InChI is InChI=1S/C19H24N4O3/c1-3-21(4-2)17-8-7-15(14-20-17)18(24)22-9-11-23(12-10-22)19(25)16-6-5-13-26-16/h5-8,13-14H,3-4,9-12H2,1-2H3. The molecule has 0 unspecified atom stereocenters. The first kappa shape index (κ1) is 18.0. The summed E-state index contributed by atoms with van der Waals surface area (Å²) in [6.07, 6.45) is 3.12. The third-order valence-electron chi connectivity index (χ3n) is 4.67. The first-order valence-electron chi connectivity index (χ1n) is 8.97. The van der Waals surface area contributed by atoms with E-state index in [9.17, 15) is 9.59 Å². The predicted molar refractivity (Wildman–Crippen MR) is 98.3 cm³/mol. The molecule has 0 bridgehead atoms. The largest absolute Gasteiger partial charge is 0.459 e. The van der Waals surface area contributed by atoms with E-state index < -0.39 is 0 Å². The quantitative estimate of drug-likeness (QED) is 0.821. The molecule has 26 heavy (non-hydrogen) atoms. The molecule has 1 fully saturated rings. The van der Waals surface area contributed by atoms with Gasteiger partial charge in [-0.2, -0.15) is 0 Å². The number of rotatable bonds is 5. The number of amides is 2. The molecule has 2 amide bonds. The normalized spacial score (nSPS) is 14.4.